The van der Waals surface area contributed by atoms with Gasteiger partial charge in [0.1, 0.15) is 16.8 Å². The van der Waals surface area contributed by atoms with Crippen molar-refractivity contribution in [2.24, 2.45) is 0 Å². The normalized spacial score (nSPS) is 14.0. The van der Waals surface area contributed by atoms with Crippen LogP contribution in [0.1, 0.15) is 19.2 Å². The van der Waals surface area contributed by atoms with Crippen LogP contribution >= 0.6 is 0 Å². The summed E-state index contributed by atoms with van der Waals surface area (Å²) in [5, 5.41) is 10.2. The highest BCUT2D eigenvalue weighted by molar-refractivity contribution is 6.17. The third-order valence-corrected chi connectivity index (χ3v) is 4.10. The van der Waals surface area contributed by atoms with Gasteiger partial charge in [-0.1, -0.05) is 6.07 Å². The summed E-state index contributed by atoms with van der Waals surface area (Å²) >= 11 is 0. The van der Waals surface area contributed by atoms with E-state index in [0.29, 0.717) is 18.8 Å². The first-order valence-electron chi connectivity index (χ1n) is 7.78. The molecule has 0 saturated carbocycles. The van der Waals surface area contributed by atoms with Crippen molar-refractivity contribution in [1.82, 2.24) is 19.1 Å². The molecule has 1 aliphatic rings. The Morgan fingerprint density at radius 1 is 1.42 bits per heavy atom. The number of nitrogens with zero attached hydrogens (tertiary/aromatic N) is 4. The second-order valence-electron chi connectivity index (χ2n) is 5.49. The van der Waals surface area contributed by atoms with Crippen LogP contribution in [0.2, 0.25) is 0 Å². The molecule has 1 aromatic carbocycles. The Balaban J connectivity index is 1.95. The first-order valence-corrected chi connectivity index (χ1v) is 7.78. The van der Waals surface area contributed by atoms with Crippen LogP contribution in [0.3, 0.4) is 0 Å². The molecule has 0 unspecified atom stereocenters. The molecule has 2 aromatic heterocycles. The van der Waals surface area contributed by atoms with Crippen molar-refractivity contribution in [3.8, 4) is 5.69 Å². The van der Waals surface area contributed by atoms with E-state index in [1.54, 1.807) is 19.4 Å². The summed E-state index contributed by atoms with van der Waals surface area (Å²) in [6.07, 6.45) is 5.62. The Kier molecular flexibility index (Phi) is 3.34. The van der Waals surface area contributed by atoms with Crippen LogP contribution in [-0.2, 0) is 16.1 Å². The Bertz CT molecular complexity index is 954. The number of para-hydroxylation sites is 1. The molecule has 3 heterocycles. The largest absolute Gasteiger partial charge is 0.511 e. The van der Waals surface area contributed by atoms with Gasteiger partial charge in [0.2, 0.25) is 0 Å². The highest BCUT2D eigenvalue weighted by Crippen LogP contribution is 2.32. The molecule has 122 valence electrons. The predicted molar refractivity (Wildman–Crippen MR) is 87.7 cm³/mol. The van der Waals surface area contributed by atoms with Crippen molar-refractivity contribution in [2.45, 2.75) is 19.9 Å². The molecular formula is C17H16N4O3. The number of carbonyl (C=O) groups is 1. The molecule has 24 heavy (non-hydrogen) atoms. The molecule has 3 aromatic rings. The minimum absolute atomic E-state index is 0.0282. The number of aryl methyl sites for hydroxylation is 1. The van der Waals surface area contributed by atoms with E-state index in [9.17, 15) is 9.90 Å². The van der Waals surface area contributed by atoms with Gasteiger partial charge in [0.15, 0.2) is 5.82 Å². The summed E-state index contributed by atoms with van der Waals surface area (Å²) in [6.45, 7) is 2.54. The van der Waals surface area contributed by atoms with E-state index in [1.807, 2.05) is 33.5 Å². The number of esters is 1. The van der Waals surface area contributed by atoms with Gasteiger partial charge in [-0.15, -0.1) is 0 Å². The summed E-state index contributed by atoms with van der Waals surface area (Å²) < 4.78 is 8.90. The van der Waals surface area contributed by atoms with Crippen LogP contribution in [-0.4, -0.2) is 36.8 Å². The third-order valence-electron chi connectivity index (χ3n) is 4.10. The van der Waals surface area contributed by atoms with E-state index in [0.717, 1.165) is 16.7 Å². The Morgan fingerprint density at radius 2 is 2.29 bits per heavy atom. The van der Waals surface area contributed by atoms with Gasteiger partial charge < -0.3 is 19.0 Å². The number of hydrogen-bond acceptors (Lipinski definition) is 5. The molecule has 1 N–H and O–H groups in total. The maximum absolute atomic E-state index is 12.3. The average Bonchev–Trinajstić information content (AvgIpc) is 3.22. The molecular weight excluding hydrogens is 308 g/mol. The van der Waals surface area contributed by atoms with Crippen molar-refractivity contribution >= 4 is 22.6 Å². The highest BCUT2D eigenvalue weighted by atomic mass is 16.5. The van der Waals surface area contributed by atoms with Gasteiger partial charge in [0.05, 0.1) is 24.1 Å². The van der Waals surface area contributed by atoms with Gasteiger partial charge in [-0.25, -0.2) is 14.8 Å². The molecule has 1 aliphatic heterocycles. The molecule has 0 atom stereocenters. The van der Waals surface area contributed by atoms with E-state index in [4.69, 9.17) is 4.74 Å². The topological polar surface area (TPSA) is 82.2 Å². The van der Waals surface area contributed by atoms with Gasteiger partial charge in [0.25, 0.3) is 0 Å². The number of aromatic nitrogens is 4. The van der Waals surface area contributed by atoms with E-state index < -0.39 is 5.97 Å². The summed E-state index contributed by atoms with van der Waals surface area (Å²) in [6, 6.07) is 5.84. The van der Waals surface area contributed by atoms with Crippen molar-refractivity contribution in [1.29, 1.82) is 0 Å². The molecule has 0 fully saturated rings. The van der Waals surface area contributed by atoms with Gasteiger partial charge in [0, 0.05) is 25.4 Å². The number of hydrogen-bond donors (Lipinski definition) is 1. The molecule has 0 amide bonds. The second-order valence-corrected chi connectivity index (χ2v) is 5.49. The lowest BCUT2D eigenvalue weighted by Crippen LogP contribution is -2.19. The number of ether oxygens (including phenoxy) is 1. The van der Waals surface area contributed by atoms with E-state index in [-0.39, 0.29) is 17.9 Å². The van der Waals surface area contributed by atoms with E-state index in [2.05, 4.69) is 9.97 Å². The van der Waals surface area contributed by atoms with Crippen LogP contribution in [0.25, 0.3) is 22.3 Å². The fraction of sp³-hybridized carbons (Fsp3) is 0.235. The molecule has 7 heteroatoms. The molecule has 4 rings (SSSR count). The van der Waals surface area contributed by atoms with Crippen LogP contribution < -0.4 is 0 Å². The summed E-state index contributed by atoms with van der Waals surface area (Å²) in [5.41, 5.74) is 2.68. The number of benzene rings is 1. The fourth-order valence-corrected chi connectivity index (χ4v) is 3.04. The van der Waals surface area contributed by atoms with Crippen molar-refractivity contribution in [3.63, 3.8) is 0 Å². The van der Waals surface area contributed by atoms with Crippen LogP contribution in [0.5, 0.6) is 0 Å². The molecule has 0 spiro atoms. The summed E-state index contributed by atoms with van der Waals surface area (Å²) in [5.74, 6) is -0.0735. The standard InChI is InChI=1S/C17H16N4O3/c1-2-24-17(23)14-13(22)6-8-21-12-5-3-4-11(15(12)19-16(14)21)20-9-7-18-10-20/h3-5,7,9-10,22H,2,6,8H2,1H3. The van der Waals surface area contributed by atoms with Crippen molar-refractivity contribution < 1.29 is 14.6 Å². The highest BCUT2D eigenvalue weighted by Gasteiger charge is 2.29. The lowest BCUT2D eigenvalue weighted by molar-refractivity contribution is -0.136. The number of imidazole rings is 2. The average molecular weight is 324 g/mol. The zero-order chi connectivity index (χ0) is 16.7. The maximum atomic E-state index is 12.3. The Hall–Kier alpha value is -3.09. The van der Waals surface area contributed by atoms with Gasteiger partial charge >= 0.3 is 5.97 Å². The van der Waals surface area contributed by atoms with Gasteiger partial charge in [-0.05, 0) is 19.1 Å². The minimum Gasteiger partial charge on any atom is -0.511 e. The lowest BCUT2D eigenvalue weighted by atomic mass is 10.1. The molecule has 0 saturated heterocycles. The predicted octanol–water partition coefficient (Wildman–Crippen LogP) is 2.46. The quantitative estimate of drug-likeness (QED) is 0.748. The first kappa shape index (κ1) is 14.5. The number of aliphatic hydroxyl groups excluding tert-OH is 1. The van der Waals surface area contributed by atoms with Crippen molar-refractivity contribution in [2.75, 3.05) is 6.61 Å². The zero-order valence-electron chi connectivity index (χ0n) is 13.1. The van der Waals surface area contributed by atoms with Gasteiger partial charge in [-0.2, -0.15) is 0 Å². The minimum atomic E-state index is -0.546. The van der Waals surface area contributed by atoms with Crippen LogP contribution in [0.15, 0.2) is 42.7 Å². The van der Waals surface area contributed by atoms with E-state index >= 15 is 0 Å². The smallest absolute Gasteiger partial charge is 0.345 e. The molecule has 0 bridgehead atoms. The van der Waals surface area contributed by atoms with E-state index in [1.165, 1.54) is 0 Å². The second kappa shape index (κ2) is 5.52. The number of carbonyl (C=O) groups excluding carboxylic acids is 1. The van der Waals surface area contributed by atoms with Crippen molar-refractivity contribution in [3.05, 3.63) is 48.5 Å². The Morgan fingerprint density at radius 3 is 3.04 bits per heavy atom. The zero-order valence-corrected chi connectivity index (χ0v) is 13.1. The summed E-state index contributed by atoms with van der Waals surface area (Å²) in [7, 11) is 0. The Labute approximate surface area is 137 Å². The third kappa shape index (κ3) is 2.09. The number of rotatable bonds is 3. The SMILES string of the molecule is CCOC(=O)C1=C(O)CCn2c1nc1c(-n3ccnc3)cccc12. The molecule has 0 radical (unpaired) electrons. The summed E-state index contributed by atoms with van der Waals surface area (Å²) in [4.78, 5) is 21.0. The number of aliphatic hydroxyl groups is 1. The number of allylic oxidation sites excluding steroid dienone is 1. The molecule has 0 aliphatic carbocycles. The number of fused-ring (bicyclic) bond motifs is 3. The van der Waals surface area contributed by atoms with Crippen LogP contribution in [0, 0.1) is 0 Å². The maximum Gasteiger partial charge on any atom is 0.345 e. The first-order chi connectivity index (χ1) is 11.7. The lowest BCUT2D eigenvalue weighted by Gasteiger charge is -2.17. The monoisotopic (exact) mass is 324 g/mol. The van der Waals surface area contributed by atoms with Gasteiger partial charge in [-0.3, -0.25) is 0 Å². The fourth-order valence-electron chi connectivity index (χ4n) is 3.04. The molecule has 7 nitrogen and oxygen atoms in total. The van der Waals surface area contributed by atoms with Crippen LogP contribution in [0.4, 0.5) is 0 Å².